The second-order valence-electron chi connectivity index (χ2n) is 5.56. The Hall–Kier alpha value is -3.05. The second kappa shape index (κ2) is 8.36. The third-order valence-electron chi connectivity index (χ3n) is 3.90. The molecule has 0 unspecified atom stereocenters. The number of anilines is 2. The molecule has 2 N–H and O–H groups in total. The molecule has 0 fully saturated rings. The maximum Gasteiger partial charge on any atom is 0.175 e. The average molecular weight is 364 g/mol. The van der Waals surface area contributed by atoms with Crippen LogP contribution in [-0.2, 0) is 0 Å². The summed E-state index contributed by atoms with van der Waals surface area (Å²) >= 11 is 5.47. The lowest BCUT2D eigenvalue weighted by Gasteiger charge is -2.15. The fourth-order valence-corrected chi connectivity index (χ4v) is 2.89. The summed E-state index contributed by atoms with van der Waals surface area (Å²) < 4.78 is 10.6. The van der Waals surface area contributed by atoms with Crippen molar-refractivity contribution >= 4 is 28.7 Å². The molecule has 0 radical (unpaired) electrons. The number of nitrogens with one attached hydrogen (secondary N) is 2. The maximum absolute atomic E-state index is 5.47. The third kappa shape index (κ3) is 4.13. The van der Waals surface area contributed by atoms with Gasteiger partial charge in [-0.05, 0) is 36.0 Å². The maximum atomic E-state index is 5.47. The molecular weight excluding hydrogens is 344 g/mol. The van der Waals surface area contributed by atoms with Crippen molar-refractivity contribution < 1.29 is 9.47 Å². The quantitative estimate of drug-likeness (QED) is 0.611. The number of ether oxygens (including phenoxy) is 2. The molecule has 0 atom stereocenters. The summed E-state index contributed by atoms with van der Waals surface area (Å²) in [6.07, 6.45) is 0. The van der Waals surface area contributed by atoms with E-state index in [1.165, 1.54) is 0 Å². The fourth-order valence-electron chi connectivity index (χ4n) is 2.66. The summed E-state index contributed by atoms with van der Waals surface area (Å²) in [6, 6.07) is 23.8. The molecule has 0 aliphatic carbocycles. The monoisotopic (exact) mass is 364 g/mol. The van der Waals surface area contributed by atoms with Crippen LogP contribution < -0.4 is 20.1 Å². The number of rotatable bonds is 5. The van der Waals surface area contributed by atoms with Crippen molar-refractivity contribution in [3.8, 4) is 22.6 Å². The Balaban J connectivity index is 1.77. The van der Waals surface area contributed by atoms with E-state index in [9.17, 15) is 0 Å². The van der Waals surface area contributed by atoms with Gasteiger partial charge in [-0.2, -0.15) is 0 Å². The van der Waals surface area contributed by atoms with Crippen LogP contribution in [0.15, 0.2) is 72.8 Å². The molecule has 0 heterocycles. The molecule has 0 spiro atoms. The van der Waals surface area contributed by atoms with Crippen LogP contribution in [0.25, 0.3) is 11.1 Å². The van der Waals surface area contributed by atoms with Crippen molar-refractivity contribution in [3.05, 3.63) is 72.8 Å². The fraction of sp³-hybridized carbons (Fsp3) is 0.0952. The number of thiocarbonyl (C=S) groups is 1. The summed E-state index contributed by atoms with van der Waals surface area (Å²) in [4.78, 5) is 0. The summed E-state index contributed by atoms with van der Waals surface area (Å²) in [5.41, 5.74) is 3.98. The summed E-state index contributed by atoms with van der Waals surface area (Å²) in [7, 11) is 3.21. The molecule has 0 bridgehead atoms. The van der Waals surface area contributed by atoms with Crippen LogP contribution in [0, 0.1) is 0 Å². The zero-order valence-corrected chi connectivity index (χ0v) is 15.5. The van der Waals surface area contributed by atoms with E-state index < -0.39 is 0 Å². The van der Waals surface area contributed by atoms with Gasteiger partial charge in [-0.15, -0.1) is 0 Å². The highest BCUT2D eigenvalue weighted by atomic mass is 32.1. The van der Waals surface area contributed by atoms with Gasteiger partial charge in [0.15, 0.2) is 16.6 Å². The first-order chi connectivity index (χ1) is 12.7. The number of methoxy groups -OCH3 is 2. The first-order valence-electron chi connectivity index (χ1n) is 8.15. The Morgan fingerprint density at radius 3 is 2.19 bits per heavy atom. The van der Waals surface area contributed by atoms with Crippen LogP contribution in [0.1, 0.15) is 0 Å². The van der Waals surface area contributed by atoms with Crippen molar-refractivity contribution in [2.24, 2.45) is 0 Å². The molecule has 0 aromatic heterocycles. The van der Waals surface area contributed by atoms with Gasteiger partial charge in [0.25, 0.3) is 0 Å². The molecule has 3 aromatic rings. The van der Waals surface area contributed by atoms with Crippen molar-refractivity contribution in [1.82, 2.24) is 0 Å². The van der Waals surface area contributed by atoms with Crippen LogP contribution in [0.3, 0.4) is 0 Å². The molecule has 4 nitrogen and oxygen atoms in total. The zero-order valence-electron chi connectivity index (χ0n) is 14.7. The number of para-hydroxylation sites is 1. The number of hydrogen-bond donors (Lipinski definition) is 2. The first kappa shape index (κ1) is 17.8. The molecule has 0 saturated heterocycles. The minimum atomic E-state index is 0.501. The van der Waals surface area contributed by atoms with Gasteiger partial charge >= 0.3 is 0 Å². The Morgan fingerprint density at radius 1 is 0.769 bits per heavy atom. The van der Waals surface area contributed by atoms with E-state index in [1.807, 2.05) is 54.6 Å². The highest BCUT2D eigenvalue weighted by Crippen LogP contribution is 2.30. The predicted molar refractivity (Wildman–Crippen MR) is 111 cm³/mol. The standard InChI is InChI=1S/C21H20N2O2S/c1-24-19-13-12-16(14-20(19)25-2)22-21(26)23-18-11-7-6-10-17(18)15-8-4-3-5-9-15/h3-14H,1-2H3,(H2,22,23,26). The SMILES string of the molecule is COc1ccc(NC(=S)Nc2ccccc2-c2ccccc2)cc1OC. The molecule has 0 saturated carbocycles. The van der Waals surface area contributed by atoms with E-state index in [2.05, 4.69) is 28.8 Å². The smallest absolute Gasteiger partial charge is 0.175 e. The summed E-state index contributed by atoms with van der Waals surface area (Å²) in [6.45, 7) is 0. The van der Waals surface area contributed by atoms with E-state index in [4.69, 9.17) is 21.7 Å². The number of hydrogen-bond acceptors (Lipinski definition) is 3. The molecule has 3 rings (SSSR count). The van der Waals surface area contributed by atoms with Gasteiger partial charge in [-0.1, -0.05) is 48.5 Å². The van der Waals surface area contributed by atoms with E-state index in [0.29, 0.717) is 16.6 Å². The third-order valence-corrected chi connectivity index (χ3v) is 4.11. The Morgan fingerprint density at radius 2 is 1.46 bits per heavy atom. The van der Waals surface area contributed by atoms with Gasteiger partial charge in [0, 0.05) is 23.0 Å². The molecule has 5 heteroatoms. The van der Waals surface area contributed by atoms with Crippen molar-refractivity contribution in [1.29, 1.82) is 0 Å². The van der Waals surface area contributed by atoms with Crippen molar-refractivity contribution in [2.75, 3.05) is 24.9 Å². The minimum absolute atomic E-state index is 0.501. The zero-order chi connectivity index (χ0) is 18.4. The van der Waals surface area contributed by atoms with Gasteiger partial charge in [0.1, 0.15) is 0 Å². The van der Waals surface area contributed by atoms with Crippen LogP contribution in [0.5, 0.6) is 11.5 Å². The largest absolute Gasteiger partial charge is 0.493 e. The normalized spacial score (nSPS) is 10.1. The van der Waals surface area contributed by atoms with Crippen LogP contribution in [0.2, 0.25) is 0 Å². The van der Waals surface area contributed by atoms with Crippen LogP contribution in [0.4, 0.5) is 11.4 Å². The van der Waals surface area contributed by atoms with Crippen LogP contribution >= 0.6 is 12.2 Å². The van der Waals surface area contributed by atoms with E-state index >= 15 is 0 Å². The van der Waals surface area contributed by atoms with Crippen molar-refractivity contribution in [3.63, 3.8) is 0 Å². The second-order valence-corrected chi connectivity index (χ2v) is 5.97. The highest BCUT2D eigenvalue weighted by molar-refractivity contribution is 7.80. The highest BCUT2D eigenvalue weighted by Gasteiger charge is 2.08. The Kier molecular flexibility index (Phi) is 5.71. The molecule has 132 valence electrons. The van der Waals surface area contributed by atoms with Gasteiger partial charge in [0.05, 0.1) is 14.2 Å². The van der Waals surface area contributed by atoms with Crippen molar-refractivity contribution in [2.45, 2.75) is 0 Å². The topological polar surface area (TPSA) is 42.5 Å². The van der Waals surface area contributed by atoms with Gasteiger partial charge in [0.2, 0.25) is 0 Å². The summed E-state index contributed by atoms with van der Waals surface area (Å²) in [5, 5.41) is 6.95. The summed E-state index contributed by atoms with van der Waals surface area (Å²) in [5.74, 6) is 1.32. The average Bonchev–Trinajstić information content (AvgIpc) is 2.69. The molecule has 26 heavy (non-hydrogen) atoms. The van der Waals surface area contributed by atoms with Gasteiger partial charge in [-0.25, -0.2) is 0 Å². The lowest BCUT2D eigenvalue weighted by atomic mass is 10.0. The molecule has 0 aliphatic rings. The lowest BCUT2D eigenvalue weighted by Crippen LogP contribution is -2.19. The van der Waals surface area contributed by atoms with E-state index in [-0.39, 0.29) is 0 Å². The molecular formula is C21H20N2O2S. The Labute approximate surface area is 158 Å². The lowest BCUT2D eigenvalue weighted by molar-refractivity contribution is 0.355. The van der Waals surface area contributed by atoms with Gasteiger partial charge < -0.3 is 20.1 Å². The van der Waals surface area contributed by atoms with E-state index in [0.717, 1.165) is 22.5 Å². The molecule has 3 aromatic carbocycles. The van der Waals surface area contributed by atoms with E-state index in [1.54, 1.807) is 14.2 Å². The molecule has 0 amide bonds. The predicted octanol–water partition coefficient (Wildman–Crippen LogP) is 5.18. The van der Waals surface area contributed by atoms with Gasteiger partial charge in [-0.3, -0.25) is 0 Å². The molecule has 0 aliphatic heterocycles. The number of benzene rings is 3. The van der Waals surface area contributed by atoms with Crippen LogP contribution in [-0.4, -0.2) is 19.3 Å². The first-order valence-corrected chi connectivity index (χ1v) is 8.56. The minimum Gasteiger partial charge on any atom is -0.493 e. The Bertz CT molecular complexity index is 898.